The number of hydrogen-bond acceptors (Lipinski definition) is 2. The summed E-state index contributed by atoms with van der Waals surface area (Å²) < 4.78 is 0. The van der Waals surface area contributed by atoms with Crippen molar-refractivity contribution >= 4 is 11.6 Å². The lowest BCUT2D eigenvalue weighted by Gasteiger charge is -2.39. The van der Waals surface area contributed by atoms with Gasteiger partial charge in [-0.2, -0.15) is 0 Å². The monoisotopic (exact) mass is 232 g/mol. The van der Waals surface area contributed by atoms with E-state index in [0.29, 0.717) is 17.8 Å². The molecule has 2 rings (SSSR count). The topological polar surface area (TPSA) is 46.3 Å². The zero-order valence-electron chi connectivity index (χ0n) is 10.5. The van der Waals surface area contributed by atoms with E-state index in [0.717, 1.165) is 18.4 Å². The first-order chi connectivity index (χ1) is 8.09. The number of likely N-dealkylation sites (tertiary alicyclic amines) is 1. The summed E-state index contributed by atoms with van der Waals surface area (Å²) in [5, 5.41) is 0. The van der Waals surface area contributed by atoms with Crippen LogP contribution in [0, 0.1) is 0 Å². The highest BCUT2D eigenvalue weighted by Crippen LogP contribution is 2.24. The second-order valence-corrected chi connectivity index (χ2v) is 4.96. The number of carbonyl (C=O) groups excluding carboxylic acids is 1. The maximum atomic E-state index is 12.4. The minimum Gasteiger partial charge on any atom is -0.399 e. The molecule has 1 amide bonds. The molecule has 1 fully saturated rings. The summed E-state index contributed by atoms with van der Waals surface area (Å²) in [5.41, 5.74) is 7.07. The molecule has 0 spiro atoms. The van der Waals surface area contributed by atoms with Crippen LogP contribution >= 0.6 is 0 Å². The molecule has 1 aromatic rings. The SMILES string of the molecule is CC1CCCC(C)N1C(=O)c1ccc(N)cc1. The van der Waals surface area contributed by atoms with Crippen LogP contribution in [0.3, 0.4) is 0 Å². The van der Waals surface area contributed by atoms with E-state index >= 15 is 0 Å². The van der Waals surface area contributed by atoms with E-state index in [1.807, 2.05) is 17.0 Å². The average Bonchev–Trinajstić information content (AvgIpc) is 2.29. The van der Waals surface area contributed by atoms with E-state index in [4.69, 9.17) is 5.73 Å². The van der Waals surface area contributed by atoms with Gasteiger partial charge in [0, 0.05) is 23.3 Å². The van der Waals surface area contributed by atoms with E-state index in [-0.39, 0.29) is 5.91 Å². The highest BCUT2D eigenvalue weighted by atomic mass is 16.2. The summed E-state index contributed by atoms with van der Waals surface area (Å²) in [4.78, 5) is 14.4. The maximum absolute atomic E-state index is 12.4. The summed E-state index contributed by atoms with van der Waals surface area (Å²) >= 11 is 0. The first-order valence-electron chi connectivity index (χ1n) is 6.28. The van der Waals surface area contributed by atoms with Gasteiger partial charge in [0.1, 0.15) is 0 Å². The van der Waals surface area contributed by atoms with Crippen molar-refractivity contribution < 1.29 is 4.79 Å². The number of amides is 1. The molecule has 2 N–H and O–H groups in total. The van der Waals surface area contributed by atoms with Crippen LogP contribution in [0.15, 0.2) is 24.3 Å². The van der Waals surface area contributed by atoms with Crippen molar-refractivity contribution in [3.8, 4) is 0 Å². The third kappa shape index (κ3) is 2.43. The molecule has 0 aromatic heterocycles. The van der Waals surface area contributed by atoms with Crippen LogP contribution in [0.4, 0.5) is 5.69 Å². The molecule has 1 aliphatic heterocycles. The lowest BCUT2D eigenvalue weighted by atomic mass is 9.96. The summed E-state index contributed by atoms with van der Waals surface area (Å²) in [5.74, 6) is 0.129. The number of carbonyl (C=O) groups is 1. The zero-order chi connectivity index (χ0) is 12.4. The molecule has 2 unspecified atom stereocenters. The molecule has 3 nitrogen and oxygen atoms in total. The Morgan fingerprint density at radius 1 is 1.18 bits per heavy atom. The van der Waals surface area contributed by atoms with E-state index < -0.39 is 0 Å². The molecule has 0 radical (unpaired) electrons. The Balaban J connectivity index is 2.20. The minimum atomic E-state index is 0.129. The predicted octanol–water partition coefficient (Wildman–Crippen LogP) is 2.67. The lowest BCUT2D eigenvalue weighted by Crippen LogP contribution is -2.47. The van der Waals surface area contributed by atoms with E-state index in [9.17, 15) is 4.79 Å². The molecule has 1 heterocycles. The standard InChI is InChI=1S/C14H20N2O/c1-10-4-3-5-11(2)16(10)14(17)12-6-8-13(15)9-7-12/h6-11H,3-5,15H2,1-2H3. The molecule has 0 aliphatic carbocycles. The molecule has 2 atom stereocenters. The molecule has 1 aromatic carbocycles. The second-order valence-electron chi connectivity index (χ2n) is 4.96. The highest BCUT2D eigenvalue weighted by molar-refractivity contribution is 5.95. The zero-order valence-corrected chi connectivity index (χ0v) is 10.5. The van der Waals surface area contributed by atoms with Gasteiger partial charge in [0.05, 0.1) is 0 Å². The Bertz CT molecular complexity index is 389. The van der Waals surface area contributed by atoms with Gasteiger partial charge < -0.3 is 10.6 Å². The van der Waals surface area contributed by atoms with Gasteiger partial charge in [0.15, 0.2) is 0 Å². The summed E-state index contributed by atoms with van der Waals surface area (Å²) in [6.07, 6.45) is 3.42. The molecule has 17 heavy (non-hydrogen) atoms. The third-order valence-electron chi connectivity index (χ3n) is 3.59. The van der Waals surface area contributed by atoms with Crippen molar-refractivity contribution in [2.24, 2.45) is 0 Å². The highest BCUT2D eigenvalue weighted by Gasteiger charge is 2.29. The third-order valence-corrected chi connectivity index (χ3v) is 3.59. The van der Waals surface area contributed by atoms with Crippen molar-refractivity contribution in [2.75, 3.05) is 5.73 Å². The normalized spacial score (nSPS) is 24.7. The smallest absolute Gasteiger partial charge is 0.254 e. The number of benzene rings is 1. The number of piperidine rings is 1. The number of nitrogens with two attached hydrogens (primary N) is 1. The molecule has 1 saturated heterocycles. The summed E-state index contributed by atoms with van der Waals surface area (Å²) in [6, 6.07) is 7.86. The molecular formula is C14H20N2O. The second kappa shape index (κ2) is 4.78. The lowest BCUT2D eigenvalue weighted by molar-refractivity contribution is 0.0511. The van der Waals surface area contributed by atoms with Crippen LogP contribution in [0.2, 0.25) is 0 Å². The molecule has 92 valence electrons. The molecular weight excluding hydrogens is 212 g/mol. The average molecular weight is 232 g/mol. The first kappa shape index (κ1) is 12.0. The molecule has 1 aliphatic rings. The molecule has 3 heteroatoms. The van der Waals surface area contributed by atoms with Gasteiger partial charge in [0.2, 0.25) is 0 Å². The van der Waals surface area contributed by atoms with Crippen molar-refractivity contribution in [2.45, 2.75) is 45.2 Å². The minimum absolute atomic E-state index is 0.129. The van der Waals surface area contributed by atoms with Crippen molar-refractivity contribution in [3.63, 3.8) is 0 Å². The van der Waals surface area contributed by atoms with Gasteiger partial charge in [-0.05, 0) is 57.4 Å². The van der Waals surface area contributed by atoms with E-state index in [1.54, 1.807) is 12.1 Å². The number of anilines is 1. The van der Waals surface area contributed by atoms with Crippen molar-refractivity contribution in [1.82, 2.24) is 4.90 Å². The van der Waals surface area contributed by atoms with Crippen LogP contribution in [0.5, 0.6) is 0 Å². The van der Waals surface area contributed by atoms with Gasteiger partial charge in [-0.25, -0.2) is 0 Å². The van der Waals surface area contributed by atoms with Crippen LogP contribution in [0.25, 0.3) is 0 Å². The van der Waals surface area contributed by atoms with Gasteiger partial charge in [0.25, 0.3) is 5.91 Å². The number of nitrogen functional groups attached to an aromatic ring is 1. The van der Waals surface area contributed by atoms with Gasteiger partial charge >= 0.3 is 0 Å². The van der Waals surface area contributed by atoms with Crippen LogP contribution in [0.1, 0.15) is 43.5 Å². The molecule has 0 bridgehead atoms. The van der Waals surface area contributed by atoms with Crippen molar-refractivity contribution in [3.05, 3.63) is 29.8 Å². The quantitative estimate of drug-likeness (QED) is 0.757. The summed E-state index contributed by atoms with van der Waals surface area (Å²) in [6.45, 7) is 4.26. The van der Waals surface area contributed by atoms with Crippen molar-refractivity contribution in [1.29, 1.82) is 0 Å². The number of nitrogens with zero attached hydrogens (tertiary/aromatic N) is 1. The number of hydrogen-bond donors (Lipinski definition) is 1. The maximum Gasteiger partial charge on any atom is 0.254 e. The molecule has 0 saturated carbocycles. The predicted molar refractivity (Wildman–Crippen MR) is 69.8 cm³/mol. The van der Waals surface area contributed by atoms with Crippen LogP contribution < -0.4 is 5.73 Å². The summed E-state index contributed by atoms with van der Waals surface area (Å²) in [7, 11) is 0. The van der Waals surface area contributed by atoms with Crippen LogP contribution in [-0.4, -0.2) is 22.9 Å². The number of rotatable bonds is 1. The van der Waals surface area contributed by atoms with E-state index in [1.165, 1.54) is 6.42 Å². The van der Waals surface area contributed by atoms with Gasteiger partial charge in [-0.3, -0.25) is 4.79 Å². The van der Waals surface area contributed by atoms with Crippen LogP contribution in [-0.2, 0) is 0 Å². The van der Waals surface area contributed by atoms with Gasteiger partial charge in [-0.15, -0.1) is 0 Å². The first-order valence-corrected chi connectivity index (χ1v) is 6.28. The fourth-order valence-corrected chi connectivity index (χ4v) is 2.60. The Kier molecular flexibility index (Phi) is 3.36. The fraction of sp³-hybridized carbons (Fsp3) is 0.500. The Hall–Kier alpha value is -1.51. The largest absolute Gasteiger partial charge is 0.399 e. The Labute approximate surface area is 103 Å². The van der Waals surface area contributed by atoms with Gasteiger partial charge in [-0.1, -0.05) is 0 Å². The Morgan fingerprint density at radius 2 is 1.71 bits per heavy atom. The Morgan fingerprint density at radius 3 is 2.24 bits per heavy atom. The fourth-order valence-electron chi connectivity index (χ4n) is 2.60. The van der Waals surface area contributed by atoms with E-state index in [2.05, 4.69) is 13.8 Å².